The summed E-state index contributed by atoms with van der Waals surface area (Å²) in [5, 5.41) is 4.24. The van der Waals surface area contributed by atoms with Crippen molar-refractivity contribution >= 4 is 11.6 Å². The van der Waals surface area contributed by atoms with Crippen molar-refractivity contribution in [1.82, 2.24) is 10.2 Å². The van der Waals surface area contributed by atoms with E-state index in [2.05, 4.69) is 37.9 Å². The molecule has 2 unspecified atom stereocenters. The third-order valence-electron chi connectivity index (χ3n) is 4.43. The maximum absolute atomic E-state index is 14.0. The number of benzene rings is 1. The van der Waals surface area contributed by atoms with Crippen LogP contribution in [0.1, 0.15) is 39.7 Å². The average Bonchev–Trinajstić information content (AvgIpc) is 2.42. The third-order valence-corrected chi connectivity index (χ3v) is 4.67. The molecule has 1 saturated heterocycles. The fraction of sp³-hybridized carbons (Fsp3) is 0.647. The predicted octanol–water partition coefficient (Wildman–Crippen LogP) is 4.08. The molecule has 2 rings (SSSR count). The molecule has 1 heterocycles. The molecule has 1 N–H and O–H groups in total. The predicted molar refractivity (Wildman–Crippen MR) is 87.1 cm³/mol. The Morgan fingerprint density at radius 3 is 2.71 bits per heavy atom. The zero-order valence-electron chi connectivity index (χ0n) is 13.4. The molecule has 1 fully saturated rings. The van der Waals surface area contributed by atoms with E-state index in [-0.39, 0.29) is 11.2 Å². The van der Waals surface area contributed by atoms with Crippen molar-refractivity contribution in [2.45, 2.75) is 52.7 Å². The van der Waals surface area contributed by atoms with E-state index in [1.807, 2.05) is 0 Å². The standard InChI is InChI=1S/C17H26ClFN2/c1-5-14-9-20-16(17(2,3)4)11-21(14)10-12-8-13(18)6-7-15(12)19/h6-8,14,16,20H,5,9-11H2,1-4H3. The molecular weight excluding hydrogens is 287 g/mol. The first kappa shape index (κ1) is 16.7. The van der Waals surface area contributed by atoms with Gasteiger partial charge in [-0.15, -0.1) is 0 Å². The highest BCUT2D eigenvalue weighted by molar-refractivity contribution is 6.30. The first-order valence-corrected chi connectivity index (χ1v) is 8.10. The summed E-state index contributed by atoms with van der Waals surface area (Å²) in [5.41, 5.74) is 0.889. The number of hydrogen-bond acceptors (Lipinski definition) is 2. The van der Waals surface area contributed by atoms with E-state index in [1.54, 1.807) is 12.1 Å². The molecule has 2 nitrogen and oxygen atoms in total. The van der Waals surface area contributed by atoms with Gasteiger partial charge in [0, 0.05) is 42.3 Å². The van der Waals surface area contributed by atoms with Crippen molar-refractivity contribution in [2.75, 3.05) is 13.1 Å². The van der Waals surface area contributed by atoms with Gasteiger partial charge in [0.1, 0.15) is 5.82 Å². The number of halogens is 2. The molecule has 118 valence electrons. The van der Waals surface area contributed by atoms with Crippen LogP contribution in [0, 0.1) is 11.2 Å². The fourth-order valence-corrected chi connectivity index (χ4v) is 3.11. The van der Waals surface area contributed by atoms with Crippen molar-refractivity contribution in [3.8, 4) is 0 Å². The Morgan fingerprint density at radius 1 is 1.38 bits per heavy atom. The van der Waals surface area contributed by atoms with E-state index in [4.69, 9.17) is 11.6 Å². The minimum atomic E-state index is -0.167. The lowest BCUT2D eigenvalue weighted by Gasteiger charge is -2.45. The van der Waals surface area contributed by atoms with Gasteiger partial charge in [-0.2, -0.15) is 0 Å². The van der Waals surface area contributed by atoms with Gasteiger partial charge in [0.05, 0.1) is 0 Å². The molecule has 0 saturated carbocycles. The van der Waals surface area contributed by atoms with E-state index < -0.39 is 0 Å². The number of nitrogens with one attached hydrogen (secondary N) is 1. The summed E-state index contributed by atoms with van der Waals surface area (Å²) in [6.07, 6.45) is 1.06. The van der Waals surface area contributed by atoms with Gasteiger partial charge in [0.15, 0.2) is 0 Å². The molecule has 0 aromatic heterocycles. The molecule has 0 radical (unpaired) electrons. The molecule has 0 bridgehead atoms. The normalized spacial score (nSPS) is 24.3. The lowest BCUT2D eigenvalue weighted by atomic mass is 9.84. The first-order valence-electron chi connectivity index (χ1n) is 7.72. The van der Waals surface area contributed by atoms with Crippen molar-refractivity contribution < 1.29 is 4.39 Å². The lowest BCUT2D eigenvalue weighted by molar-refractivity contribution is 0.0766. The van der Waals surface area contributed by atoms with Crippen LogP contribution in [0.2, 0.25) is 5.02 Å². The Bertz CT molecular complexity index is 484. The lowest BCUT2D eigenvalue weighted by Crippen LogP contribution is -2.59. The maximum atomic E-state index is 14.0. The van der Waals surface area contributed by atoms with Crippen LogP contribution in [0.25, 0.3) is 0 Å². The van der Waals surface area contributed by atoms with Gasteiger partial charge in [0.25, 0.3) is 0 Å². The molecule has 1 aromatic rings. The third kappa shape index (κ3) is 4.18. The van der Waals surface area contributed by atoms with E-state index in [9.17, 15) is 4.39 Å². The molecule has 1 aliphatic heterocycles. The quantitative estimate of drug-likeness (QED) is 0.905. The van der Waals surface area contributed by atoms with Crippen LogP contribution >= 0.6 is 11.6 Å². The molecule has 1 aromatic carbocycles. The van der Waals surface area contributed by atoms with Crippen LogP contribution in [-0.2, 0) is 6.54 Å². The summed E-state index contributed by atoms with van der Waals surface area (Å²) in [7, 11) is 0. The van der Waals surface area contributed by atoms with Crippen LogP contribution in [-0.4, -0.2) is 30.1 Å². The summed E-state index contributed by atoms with van der Waals surface area (Å²) in [6.45, 7) is 11.4. The summed E-state index contributed by atoms with van der Waals surface area (Å²) in [6, 6.07) is 5.68. The van der Waals surface area contributed by atoms with E-state index in [1.165, 1.54) is 6.07 Å². The van der Waals surface area contributed by atoms with Gasteiger partial charge in [-0.25, -0.2) is 4.39 Å². The van der Waals surface area contributed by atoms with Crippen LogP contribution in [0.15, 0.2) is 18.2 Å². The maximum Gasteiger partial charge on any atom is 0.127 e. The molecule has 0 aliphatic carbocycles. The second kappa shape index (κ2) is 6.64. The second-order valence-corrected chi connectivity index (χ2v) is 7.49. The molecule has 0 spiro atoms. The van der Waals surface area contributed by atoms with E-state index in [0.717, 1.165) is 19.5 Å². The van der Waals surface area contributed by atoms with Crippen molar-refractivity contribution in [1.29, 1.82) is 0 Å². The van der Waals surface area contributed by atoms with Gasteiger partial charge in [-0.3, -0.25) is 4.90 Å². The van der Waals surface area contributed by atoms with E-state index >= 15 is 0 Å². The molecule has 21 heavy (non-hydrogen) atoms. The summed E-state index contributed by atoms with van der Waals surface area (Å²) in [4.78, 5) is 2.39. The SMILES string of the molecule is CCC1CNC(C(C)(C)C)CN1Cc1cc(Cl)ccc1F. The zero-order chi connectivity index (χ0) is 15.6. The molecule has 2 atom stereocenters. The summed E-state index contributed by atoms with van der Waals surface area (Å²) >= 11 is 6.01. The Morgan fingerprint density at radius 2 is 2.10 bits per heavy atom. The van der Waals surface area contributed by atoms with E-state index in [0.29, 0.717) is 29.2 Å². The van der Waals surface area contributed by atoms with Crippen molar-refractivity contribution in [3.05, 3.63) is 34.6 Å². The second-order valence-electron chi connectivity index (χ2n) is 7.05. The zero-order valence-corrected chi connectivity index (χ0v) is 14.2. The highest BCUT2D eigenvalue weighted by atomic mass is 35.5. The van der Waals surface area contributed by atoms with Gasteiger partial charge in [0.2, 0.25) is 0 Å². The number of nitrogens with zero attached hydrogens (tertiary/aromatic N) is 1. The minimum Gasteiger partial charge on any atom is -0.311 e. The van der Waals surface area contributed by atoms with Crippen molar-refractivity contribution in [3.63, 3.8) is 0 Å². The Kier molecular flexibility index (Phi) is 5.29. The first-order chi connectivity index (χ1) is 9.81. The van der Waals surface area contributed by atoms with Gasteiger partial charge < -0.3 is 5.32 Å². The molecule has 0 amide bonds. The fourth-order valence-electron chi connectivity index (χ4n) is 2.92. The largest absolute Gasteiger partial charge is 0.311 e. The van der Waals surface area contributed by atoms with Crippen LogP contribution < -0.4 is 5.32 Å². The Hall–Kier alpha value is -0.640. The summed E-state index contributed by atoms with van der Waals surface area (Å²) < 4.78 is 14.0. The minimum absolute atomic E-state index is 0.167. The molecular formula is C17H26ClFN2. The van der Waals surface area contributed by atoms with Crippen LogP contribution in [0.3, 0.4) is 0 Å². The Labute approximate surface area is 132 Å². The van der Waals surface area contributed by atoms with Crippen LogP contribution in [0.5, 0.6) is 0 Å². The highest BCUT2D eigenvalue weighted by Gasteiger charge is 2.33. The Balaban J connectivity index is 2.16. The summed E-state index contributed by atoms with van der Waals surface area (Å²) in [5.74, 6) is -0.167. The number of rotatable bonds is 3. The number of hydrogen-bond donors (Lipinski definition) is 1. The smallest absolute Gasteiger partial charge is 0.127 e. The number of piperazine rings is 1. The molecule has 4 heteroatoms. The molecule has 1 aliphatic rings. The van der Waals surface area contributed by atoms with Gasteiger partial charge in [-0.1, -0.05) is 39.3 Å². The monoisotopic (exact) mass is 312 g/mol. The van der Waals surface area contributed by atoms with Gasteiger partial charge in [-0.05, 0) is 30.0 Å². The van der Waals surface area contributed by atoms with Gasteiger partial charge >= 0.3 is 0 Å². The average molecular weight is 313 g/mol. The highest BCUT2D eigenvalue weighted by Crippen LogP contribution is 2.26. The van der Waals surface area contributed by atoms with Crippen LogP contribution in [0.4, 0.5) is 4.39 Å². The van der Waals surface area contributed by atoms with Crippen molar-refractivity contribution in [2.24, 2.45) is 5.41 Å². The topological polar surface area (TPSA) is 15.3 Å².